The van der Waals surface area contributed by atoms with Crippen molar-refractivity contribution >= 4 is 6.09 Å². The van der Waals surface area contributed by atoms with Crippen LogP contribution in [0.5, 0.6) is 5.75 Å². The fourth-order valence-electron chi connectivity index (χ4n) is 2.75. The second-order valence-corrected chi connectivity index (χ2v) is 5.52. The summed E-state index contributed by atoms with van der Waals surface area (Å²) < 4.78 is 10.9. The highest BCUT2D eigenvalue weighted by Gasteiger charge is 2.39. The van der Waals surface area contributed by atoms with E-state index in [-0.39, 0.29) is 13.2 Å². The fourth-order valence-corrected chi connectivity index (χ4v) is 2.75. The van der Waals surface area contributed by atoms with Gasteiger partial charge in [0, 0.05) is 12.0 Å². The molecule has 23 heavy (non-hydrogen) atoms. The number of nitrogens with one attached hydrogen (secondary N) is 1. The molecule has 0 saturated heterocycles. The number of benzene rings is 2. The van der Waals surface area contributed by atoms with Crippen LogP contribution in [0.3, 0.4) is 0 Å². The van der Waals surface area contributed by atoms with Crippen LogP contribution in [0, 0.1) is 0 Å². The first-order valence-corrected chi connectivity index (χ1v) is 7.55. The van der Waals surface area contributed by atoms with Crippen molar-refractivity contribution in [1.29, 1.82) is 0 Å². The van der Waals surface area contributed by atoms with Crippen molar-refractivity contribution in [3.8, 4) is 5.75 Å². The van der Waals surface area contributed by atoms with Crippen molar-refractivity contribution in [3.63, 3.8) is 0 Å². The first-order valence-electron chi connectivity index (χ1n) is 7.55. The minimum absolute atomic E-state index is 0.187. The lowest BCUT2D eigenvalue weighted by Gasteiger charge is -2.37. The van der Waals surface area contributed by atoms with E-state index in [1.54, 1.807) is 0 Å². The molecule has 5 nitrogen and oxygen atoms in total. The Balaban J connectivity index is 1.71. The van der Waals surface area contributed by atoms with Crippen LogP contribution < -0.4 is 10.1 Å². The van der Waals surface area contributed by atoms with Crippen molar-refractivity contribution in [2.75, 3.05) is 13.2 Å². The molecule has 2 aromatic rings. The van der Waals surface area contributed by atoms with E-state index in [1.807, 2.05) is 54.6 Å². The molecular weight excluding hydrogens is 294 g/mol. The van der Waals surface area contributed by atoms with Crippen LogP contribution in [0.4, 0.5) is 4.79 Å². The molecule has 2 aromatic carbocycles. The Kier molecular flexibility index (Phi) is 4.48. The van der Waals surface area contributed by atoms with Gasteiger partial charge in [-0.3, -0.25) is 0 Å². The molecule has 2 N–H and O–H groups in total. The predicted molar refractivity (Wildman–Crippen MR) is 85.1 cm³/mol. The van der Waals surface area contributed by atoms with Gasteiger partial charge in [-0.15, -0.1) is 0 Å². The zero-order chi connectivity index (χ0) is 16.1. The standard InChI is InChI=1S/C18H19NO4/c20-13-18(10-11-22-16-9-5-4-8-15(16)18)19-17(21)23-12-14-6-2-1-3-7-14/h1-9,20H,10-13H2,(H,19,21). The molecule has 0 radical (unpaired) electrons. The number of hydrogen-bond acceptors (Lipinski definition) is 4. The van der Waals surface area contributed by atoms with Gasteiger partial charge in [-0.2, -0.15) is 0 Å². The zero-order valence-electron chi connectivity index (χ0n) is 12.7. The van der Waals surface area contributed by atoms with Gasteiger partial charge in [-0.05, 0) is 11.6 Å². The Morgan fingerprint density at radius 3 is 2.70 bits per heavy atom. The van der Waals surface area contributed by atoms with E-state index in [0.29, 0.717) is 18.8 Å². The van der Waals surface area contributed by atoms with Crippen LogP contribution in [0.15, 0.2) is 54.6 Å². The molecular formula is C18H19NO4. The maximum atomic E-state index is 12.2. The number of para-hydroxylation sites is 1. The second-order valence-electron chi connectivity index (χ2n) is 5.52. The van der Waals surface area contributed by atoms with Crippen LogP contribution in [0.2, 0.25) is 0 Å². The van der Waals surface area contributed by atoms with Crippen molar-refractivity contribution < 1.29 is 19.4 Å². The molecule has 0 aromatic heterocycles. The number of amides is 1. The van der Waals surface area contributed by atoms with Gasteiger partial charge >= 0.3 is 6.09 Å². The Morgan fingerprint density at radius 2 is 1.91 bits per heavy atom. The lowest BCUT2D eigenvalue weighted by Crippen LogP contribution is -2.51. The maximum Gasteiger partial charge on any atom is 0.408 e. The largest absolute Gasteiger partial charge is 0.493 e. The Bertz CT molecular complexity index is 674. The van der Waals surface area contributed by atoms with Gasteiger partial charge in [0.2, 0.25) is 0 Å². The summed E-state index contributed by atoms with van der Waals surface area (Å²) in [4.78, 5) is 12.2. The molecule has 1 heterocycles. The summed E-state index contributed by atoms with van der Waals surface area (Å²) in [7, 11) is 0. The van der Waals surface area contributed by atoms with E-state index in [2.05, 4.69) is 5.32 Å². The molecule has 1 unspecified atom stereocenters. The summed E-state index contributed by atoms with van der Waals surface area (Å²) in [6, 6.07) is 16.9. The Morgan fingerprint density at radius 1 is 1.17 bits per heavy atom. The molecule has 1 atom stereocenters. The van der Waals surface area contributed by atoms with Gasteiger partial charge in [0.25, 0.3) is 0 Å². The van der Waals surface area contributed by atoms with Crippen molar-refractivity contribution in [3.05, 3.63) is 65.7 Å². The summed E-state index contributed by atoms with van der Waals surface area (Å²) in [6.07, 6.45) is -0.0689. The summed E-state index contributed by atoms with van der Waals surface area (Å²) in [5.74, 6) is 0.677. The van der Waals surface area contributed by atoms with Crippen molar-refractivity contribution in [2.24, 2.45) is 0 Å². The molecule has 3 rings (SSSR count). The molecule has 0 spiro atoms. The second kappa shape index (κ2) is 6.71. The molecule has 120 valence electrons. The number of rotatable bonds is 4. The number of carbonyl (C=O) groups is 1. The van der Waals surface area contributed by atoms with Gasteiger partial charge in [0.05, 0.1) is 18.8 Å². The smallest absolute Gasteiger partial charge is 0.408 e. The molecule has 0 bridgehead atoms. The zero-order valence-corrected chi connectivity index (χ0v) is 12.7. The monoisotopic (exact) mass is 313 g/mol. The van der Waals surface area contributed by atoms with E-state index in [1.165, 1.54) is 0 Å². The molecule has 0 aliphatic carbocycles. The lowest BCUT2D eigenvalue weighted by atomic mass is 9.85. The highest BCUT2D eigenvalue weighted by Crippen LogP contribution is 2.36. The minimum Gasteiger partial charge on any atom is -0.493 e. The van der Waals surface area contributed by atoms with E-state index in [0.717, 1.165) is 11.1 Å². The number of alkyl carbamates (subject to hydrolysis) is 1. The van der Waals surface area contributed by atoms with Gasteiger partial charge in [0.15, 0.2) is 0 Å². The number of ether oxygens (including phenoxy) is 2. The molecule has 1 amide bonds. The van der Waals surface area contributed by atoms with Gasteiger partial charge < -0.3 is 19.9 Å². The van der Waals surface area contributed by atoms with E-state index in [4.69, 9.17) is 9.47 Å². The molecule has 0 fully saturated rings. The average Bonchev–Trinajstić information content (AvgIpc) is 2.61. The molecule has 5 heteroatoms. The topological polar surface area (TPSA) is 67.8 Å². The highest BCUT2D eigenvalue weighted by atomic mass is 16.5. The number of fused-ring (bicyclic) bond motifs is 1. The molecule has 1 aliphatic rings. The lowest BCUT2D eigenvalue weighted by molar-refractivity contribution is 0.0826. The summed E-state index contributed by atoms with van der Waals surface area (Å²) in [5.41, 5.74) is 0.807. The van der Waals surface area contributed by atoms with Crippen LogP contribution in [-0.2, 0) is 16.9 Å². The number of aliphatic hydroxyl groups excluding tert-OH is 1. The Hall–Kier alpha value is -2.53. The normalized spacial score (nSPS) is 19.3. The molecule has 1 aliphatic heterocycles. The van der Waals surface area contributed by atoms with Crippen LogP contribution in [-0.4, -0.2) is 24.4 Å². The molecule has 0 saturated carbocycles. The van der Waals surface area contributed by atoms with Crippen LogP contribution in [0.25, 0.3) is 0 Å². The average molecular weight is 313 g/mol. The highest BCUT2D eigenvalue weighted by molar-refractivity contribution is 5.69. The van der Waals surface area contributed by atoms with Gasteiger partial charge in [0.1, 0.15) is 12.4 Å². The predicted octanol–water partition coefficient (Wildman–Crippen LogP) is 2.58. The quantitative estimate of drug-likeness (QED) is 0.910. The summed E-state index contributed by atoms with van der Waals surface area (Å²) in [6.45, 7) is 0.399. The van der Waals surface area contributed by atoms with Crippen LogP contribution in [0.1, 0.15) is 17.5 Å². The minimum atomic E-state index is -0.872. The third-order valence-electron chi connectivity index (χ3n) is 4.01. The maximum absolute atomic E-state index is 12.2. The van der Waals surface area contributed by atoms with Crippen molar-refractivity contribution in [2.45, 2.75) is 18.6 Å². The van der Waals surface area contributed by atoms with Crippen molar-refractivity contribution in [1.82, 2.24) is 5.32 Å². The number of carbonyl (C=O) groups excluding carboxylic acids is 1. The van der Waals surface area contributed by atoms with Gasteiger partial charge in [-0.25, -0.2) is 4.79 Å². The Labute approximate surface area is 134 Å². The summed E-state index contributed by atoms with van der Waals surface area (Å²) >= 11 is 0. The third-order valence-corrected chi connectivity index (χ3v) is 4.01. The van der Waals surface area contributed by atoms with E-state index < -0.39 is 11.6 Å². The van der Waals surface area contributed by atoms with Gasteiger partial charge in [-0.1, -0.05) is 48.5 Å². The van der Waals surface area contributed by atoms with E-state index >= 15 is 0 Å². The summed E-state index contributed by atoms with van der Waals surface area (Å²) in [5, 5.41) is 12.7. The van der Waals surface area contributed by atoms with E-state index in [9.17, 15) is 9.90 Å². The third kappa shape index (κ3) is 3.29. The fraction of sp³-hybridized carbons (Fsp3) is 0.278. The first-order chi connectivity index (χ1) is 11.2. The first kappa shape index (κ1) is 15.4. The SMILES string of the molecule is O=C(NC1(CO)CCOc2ccccc21)OCc1ccccc1. The number of hydrogen-bond donors (Lipinski definition) is 2. The number of aliphatic hydroxyl groups is 1. The van der Waals surface area contributed by atoms with Crippen LogP contribution >= 0.6 is 0 Å².